The van der Waals surface area contributed by atoms with E-state index in [0.29, 0.717) is 6.54 Å². The van der Waals surface area contributed by atoms with Crippen molar-refractivity contribution in [3.05, 3.63) is 59.1 Å². The lowest BCUT2D eigenvalue weighted by atomic mass is 10.1. The third-order valence-electron chi connectivity index (χ3n) is 3.70. The first-order valence-corrected chi connectivity index (χ1v) is 7.85. The summed E-state index contributed by atoms with van der Waals surface area (Å²) >= 11 is 3.40. The van der Waals surface area contributed by atoms with E-state index in [2.05, 4.69) is 21.2 Å². The van der Waals surface area contributed by atoms with Crippen LogP contribution in [0.1, 0.15) is 6.42 Å². The van der Waals surface area contributed by atoms with Crippen molar-refractivity contribution in [1.82, 2.24) is 0 Å². The summed E-state index contributed by atoms with van der Waals surface area (Å²) in [5, 5.41) is 2.88. The maximum Gasteiger partial charge on any atom is 0.229 e. The van der Waals surface area contributed by atoms with Gasteiger partial charge in [0.05, 0.1) is 11.6 Å². The lowest BCUT2D eigenvalue weighted by Crippen LogP contribution is -2.28. The molecule has 22 heavy (non-hydrogen) atoms. The molecule has 1 aliphatic rings. The fourth-order valence-electron chi connectivity index (χ4n) is 2.54. The second-order valence-corrected chi connectivity index (χ2v) is 6.06. The molecular weight excluding hydrogens is 344 g/mol. The van der Waals surface area contributed by atoms with E-state index in [0.717, 1.165) is 15.8 Å². The van der Waals surface area contributed by atoms with Crippen molar-refractivity contribution in [3.63, 3.8) is 0 Å². The van der Waals surface area contributed by atoms with Gasteiger partial charge in [-0.2, -0.15) is 0 Å². The van der Waals surface area contributed by atoms with Crippen molar-refractivity contribution in [1.29, 1.82) is 0 Å². The Balaban J connectivity index is 1.71. The quantitative estimate of drug-likeness (QED) is 0.913. The molecule has 0 spiro atoms. The Kier molecular flexibility index (Phi) is 4.24. The fourth-order valence-corrected chi connectivity index (χ4v) is 2.92. The minimum Gasteiger partial charge on any atom is -0.325 e. The number of hydrogen-bond acceptors (Lipinski definition) is 2. The monoisotopic (exact) mass is 358 g/mol. The van der Waals surface area contributed by atoms with Crippen LogP contribution in [0.15, 0.2) is 59.1 Å². The van der Waals surface area contributed by atoms with Gasteiger partial charge in [-0.3, -0.25) is 9.59 Å². The first-order valence-electron chi connectivity index (χ1n) is 7.06. The zero-order valence-corrected chi connectivity index (χ0v) is 13.4. The Morgan fingerprint density at radius 2 is 1.77 bits per heavy atom. The molecule has 1 N–H and O–H groups in total. The third kappa shape index (κ3) is 3.04. The molecule has 112 valence electrons. The second-order valence-electron chi connectivity index (χ2n) is 5.21. The standard InChI is InChI=1S/C17H15BrN2O2/c18-14-8-4-5-9-15(14)19-17(22)12-10-16(21)20(11-12)13-6-2-1-3-7-13/h1-9,12H,10-11H2,(H,19,22)/t12-/m0/s1. The molecule has 0 radical (unpaired) electrons. The molecule has 0 saturated carbocycles. The molecule has 4 nitrogen and oxygen atoms in total. The van der Waals surface area contributed by atoms with Crippen LogP contribution in [0, 0.1) is 5.92 Å². The van der Waals surface area contributed by atoms with E-state index < -0.39 is 0 Å². The molecule has 1 heterocycles. The van der Waals surface area contributed by atoms with Crippen molar-refractivity contribution < 1.29 is 9.59 Å². The second kappa shape index (κ2) is 6.32. The first kappa shape index (κ1) is 14.8. The number of carbonyl (C=O) groups excluding carboxylic acids is 2. The van der Waals surface area contributed by atoms with Gasteiger partial charge in [0.15, 0.2) is 0 Å². The SMILES string of the molecule is O=C(Nc1ccccc1Br)[C@H]1CC(=O)N(c2ccccc2)C1. The average molecular weight is 359 g/mol. The molecular formula is C17H15BrN2O2. The number of carbonyl (C=O) groups is 2. The van der Waals surface area contributed by atoms with E-state index >= 15 is 0 Å². The van der Waals surface area contributed by atoms with E-state index in [-0.39, 0.29) is 24.2 Å². The number of nitrogens with zero attached hydrogens (tertiary/aromatic N) is 1. The van der Waals surface area contributed by atoms with Crippen molar-refractivity contribution in [3.8, 4) is 0 Å². The molecule has 1 atom stereocenters. The van der Waals surface area contributed by atoms with Gasteiger partial charge in [0.1, 0.15) is 0 Å². The fraction of sp³-hybridized carbons (Fsp3) is 0.176. The Hall–Kier alpha value is -2.14. The van der Waals surface area contributed by atoms with Gasteiger partial charge in [-0.1, -0.05) is 30.3 Å². The zero-order valence-electron chi connectivity index (χ0n) is 11.8. The predicted molar refractivity (Wildman–Crippen MR) is 89.7 cm³/mol. The highest BCUT2D eigenvalue weighted by Crippen LogP contribution is 2.27. The van der Waals surface area contributed by atoms with Crippen LogP contribution in [0.5, 0.6) is 0 Å². The lowest BCUT2D eigenvalue weighted by Gasteiger charge is -2.16. The maximum absolute atomic E-state index is 12.4. The van der Waals surface area contributed by atoms with Crippen molar-refractivity contribution >= 4 is 39.1 Å². The number of halogens is 1. The van der Waals surface area contributed by atoms with Gasteiger partial charge in [-0.25, -0.2) is 0 Å². The summed E-state index contributed by atoms with van der Waals surface area (Å²) in [5.74, 6) is -0.475. The summed E-state index contributed by atoms with van der Waals surface area (Å²) in [6.07, 6.45) is 0.241. The van der Waals surface area contributed by atoms with Crippen LogP contribution in [0.25, 0.3) is 0 Å². The lowest BCUT2D eigenvalue weighted by molar-refractivity contribution is -0.122. The Bertz CT molecular complexity index is 703. The van der Waals surface area contributed by atoms with Crippen LogP contribution in [-0.4, -0.2) is 18.4 Å². The van der Waals surface area contributed by atoms with Gasteiger partial charge < -0.3 is 10.2 Å². The van der Waals surface area contributed by atoms with Crippen LogP contribution in [0.3, 0.4) is 0 Å². The highest BCUT2D eigenvalue weighted by atomic mass is 79.9. The van der Waals surface area contributed by atoms with E-state index in [1.165, 1.54) is 0 Å². The molecule has 2 aromatic rings. The molecule has 0 aliphatic carbocycles. The Morgan fingerprint density at radius 1 is 1.09 bits per heavy atom. The van der Waals surface area contributed by atoms with E-state index in [1.807, 2.05) is 54.6 Å². The molecule has 2 amide bonds. The van der Waals surface area contributed by atoms with Crippen molar-refractivity contribution in [2.75, 3.05) is 16.8 Å². The van der Waals surface area contributed by atoms with Crippen molar-refractivity contribution in [2.45, 2.75) is 6.42 Å². The smallest absolute Gasteiger partial charge is 0.229 e. The van der Waals surface area contributed by atoms with Gasteiger partial charge in [0.25, 0.3) is 0 Å². The zero-order chi connectivity index (χ0) is 15.5. The predicted octanol–water partition coefficient (Wildman–Crippen LogP) is 3.44. The largest absolute Gasteiger partial charge is 0.325 e. The van der Waals surface area contributed by atoms with Crippen LogP contribution in [0.2, 0.25) is 0 Å². The highest BCUT2D eigenvalue weighted by molar-refractivity contribution is 9.10. The summed E-state index contributed by atoms with van der Waals surface area (Å²) in [6, 6.07) is 16.9. The van der Waals surface area contributed by atoms with E-state index in [9.17, 15) is 9.59 Å². The van der Waals surface area contributed by atoms with Gasteiger partial charge in [0.2, 0.25) is 11.8 Å². The van der Waals surface area contributed by atoms with Gasteiger partial charge in [-0.15, -0.1) is 0 Å². The molecule has 1 aliphatic heterocycles. The van der Waals surface area contributed by atoms with Crippen molar-refractivity contribution in [2.24, 2.45) is 5.92 Å². The third-order valence-corrected chi connectivity index (χ3v) is 4.39. The summed E-state index contributed by atoms with van der Waals surface area (Å²) in [5.41, 5.74) is 1.56. The molecule has 3 rings (SSSR count). The molecule has 1 saturated heterocycles. The van der Waals surface area contributed by atoms with Crippen LogP contribution in [-0.2, 0) is 9.59 Å². The normalized spacial score (nSPS) is 17.6. The Morgan fingerprint density at radius 3 is 2.50 bits per heavy atom. The first-order chi connectivity index (χ1) is 10.6. The minimum absolute atomic E-state index is 0.0153. The average Bonchev–Trinajstić information content (AvgIpc) is 2.92. The topological polar surface area (TPSA) is 49.4 Å². The Labute approximate surface area is 137 Å². The minimum atomic E-state index is -0.334. The van der Waals surface area contributed by atoms with Gasteiger partial charge in [-0.05, 0) is 40.2 Å². The molecule has 5 heteroatoms. The van der Waals surface area contributed by atoms with E-state index in [4.69, 9.17) is 0 Å². The molecule has 1 fully saturated rings. The number of anilines is 2. The highest BCUT2D eigenvalue weighted by Gasteiger charge is 2.35. The number of hydrogen-bond donors (Lipinski definition) is 1. The number of rotatable bonds is 3. The molecule has 2 aromatic carbocycles. The van der Waals surface area contributed by atoms with Crippen LogP contribution < -0.4 is 10.2 Å². The summed E-state index contributed by atoms with van der Waals surface area (Å²) < 4.78 is 0.826. The van der Waals surface area contributed by atoms with Crippen LogP contribution in [0.4, 0.5) is 11.4 Å². The number of para-hydroxylation sites is 2. The van der Waals surface area contributed by atoms with E-state index in [1.54, 1.807) is 4.90 Å². The van der Waals surface area contributed by atoms with Gasteiger partial charge >= 0.3 is 0 Å². The number of amides is 2. The maximum atomic E-state index is 12.4. The summed E-state index contributed by atoms with van der Waals surface area (Å²) in [4.78, 5) is 26.2. The van der Waals surface area contributed by atoms with Gasteiger partial charge in [0, 0.05) is 23.1 Å². The number of nitrogens with one attached hydrogen (secondary N) is 1. The van der Waals surface area contributed by atoms with Crippen LogP contribution >= 0.6 is 15.9 Å². The number of benzene rings is 2. The molecule has 0 unspecified atom stereocenters. The molecule has 0 aromatic heterocycles. The molecule has 0 bridgehead atoms. The summed E-state index contributed by atoms with van der Waals surface area (Å²) in [7, 11) is 0. The summed E-state index contributed by atoms with van der Waals surface area (Å²) in [6.45, 7) is 0.416.